The molecule has 2 unspecified atom stereocenters. The van der Waals surface area contributed by atoms with E-state index in [1.54, 1.807) is 13.0 Å². The van der Waals surface area contributed by atoms with Crippen molar-refractivity contribution in [3.63, 3.8) is 0 Å². The van der Waals surface area contributed by atoms with Crippen LogP contribution >= 0.6 is 0 Å². The van der Waals surface area contributed by atoms with E-state index in [0.717, 1.165) is 23.2 Å². The van der Waals surface area contributed by atoms with Gasteiger partial charge in [0.25, 0.3) is 5.56 Å². The number of hydrogen-bond acceptors (Lipinski definition) is 6. The van der Waals surface area contributed by atoms with Gasteiger partial charge in [-0.15, -0.1) is 0 Å². The number of anilines is 2. The van der Waals surface area contributed by atoms with Crippen molar-refractivity contribution in [3.05, 3.63) is 57.6 Å². The lowest BCUT2D eigenvalue weighted by Crippen LogP contribution is -2.38. The van der Waals surface area contributed by atoms with Crippen molar-refractivity contribution >= 4 is 34.3 Å². The predicted molar refractivity (Wildman–Crippen MR) is 134 cm³/mol. The van der Waals surface area contributed by atoms with Gasteiger partial charge in [0, 0.05) is 55.9 Å². The van der Waals surface area contributed by atoms with Crippen molar-refractivity contribution in [3.8, 4) is 0 Å². The van der Waals surface area contributed by atoms with Gasteiger partial charge in [-0.1, -0.05) is 0 Å². The third kappa shape index (κ3) is 5.71. The molecule has 202 valence electrons. The Morgan fingerprint density at radius 2 is 1.92 bits per heavy atom. The number of alkyl halides is 3. The second-order valence-corrected chi connectivity index (χ2v) is 9.39. The van der Waals surface area contributed by atoms with Gasteiger partial charge in [0.1, 0.15) is 0 Å². The number of rotatable bonds is 5. The maximum Gasteiger partial charge on any atom is 0.416 e. The Labute approximate surface area is 215 Å². The van der Waals surface area contributed by atoms with Crippen LogP contribution < -0.4 is 16.2 Å². The normalized spacial score (nSPS) is 16.8. The molecule has 0 bridgehead atoms. The number of likely N-dealkylation sites (tertiary alicyclic amines) is 1. The number of carbonyl (C=O) groups is 2. The molecule has 0 aliphatic carbocycles. The molecule has 38 heavy (non-hydrogen) atoms. The third-order valence-corrected chi connectivity index (χ3v) is 6.52. The van der Waals surface area contributed by atoms with Crippen LogP contribution in [-0.4, -0.2) is 49.9 Å². The molecular weight excluding hydrogens is 505 g/mol. The van der Waals surface area contributed by atoms with Crippen LogP contribution in [0.15, 0.2) is 35.3 Å². The van der Waals surface area contributed by atoms with E-state index in [0.29, 0.717) is 24.0 Å². The number of piperidine rings is 1. The predicted octanol–water partition coefficient (Wildman–Crippen LogP) is 4.34. The number of carbonyl (C=O) groups excluding carboxylic acids is 1. The number of aromatic nitrogens is 3. The fourth-order valence-corrected chi connectivity index (χ4v) is 4.61. The van der Waals surface area contributed by atoms with Crippen LogP contribution in [-0.2, 0) is 18.0 Å². The Kier molecular flexibility index (Phi) is 7.29. The molecule has 1 aliphatic heterocycles. The third-order valence-electron chi connectivity index (χ3n) is 6.52. The largest absolute Gasteiger partial charge is 0.465 e. The van der Waals surface area contributed by atoms with Crippen molar-refractivity contribution in [1.82, 2.24) is 19.7 Å². The van der Waals surface area contributed by atoms with Gasteiger partial charge in [-0.2, -0.15) is 18.3 Å². The van der Waals surface area contributed by atoms with Gasteiger partial charge < -0.3 is 20.6 Å². The Morgan fingerprint density at radius 1 is 1.18 bits per heavy atom. The van der Waals surface area contributed by atoms with Crippen molar-refractivity contribution in [2.45, 2.75) is 44.8 Å². The summed E-state index contributed by atoms with van der Waals surface area (Å²) in [5.41, 5.74) is -0.481. The summed E-state index contributed by atoms with van der Waals surface area (Å²) in [7, 11) is 1.45. The minimum absolute atomic E-state index is 0.000948. The maximum atomic E-state index is 13.5. The first-order chi connectivity index (χ1) is 17.8. The molecule has 2 aromatic heterocycles. The van der Waals surface area contributed by atoms with Gasteiger partial charge >= 0.3 is 12.3 Å². The van der Waals surface area contributed by atoms with Crippen molar-refractivity contribution in [1.29, 1.82) is 0 Å². The van der Waals surface area contributed by atoms with Crippen LogP contribution in [0.2, 0.25) is 0 Å². The Bertz CT molecular complexity index is 1460. The van der Waals surface area contributed by atoms with E-state index >= 15 is 0 Å². The molecule has 0 radical (unpaired) electrons. The fraction of sp³-hybridized carbons (Fsp3) is 0.400. The summed E-state index contributed by atoms with van der Waals surface area (Å²) in [4.78, 5) is 41.4. The maximum absolute atomic E-state index is 13.5. The van der Waals surface area contributed by atoms with Crippen molar-refractivity contribution in [2.75, 3.05) is 23.7 Å². The molecule has 10 nitrogen and oxygen atoms in total. The van der Waals surface area contributed by atoms with E-state index in [1.165, 1.54) is 31.1 Å². The van der Waals surface area contributed by atoms with Crippen LogP contribution in [0, 0.1) is 0 Å². The molecular formula is C25H27F3N6O4. The highest BCUT2D eigenvalue weighted by molar-refractivity contribution is 5.91. The summed E-state index contributed by atoms with van der Waals surface area (Å²) in [6.45, 7) is 3.54. The summed E-state index contributed by atoms with van der Waals surface area (Å²) < 4.78 is 41.8. The van der Waals surface area contributed by atoms with E-state index in [-0.39, 0.29) is 34.9 Å². The van der Waals surface area contributed by atoms with Crippen molar-refractivity contribution in [2.24, 2.45) is 7.05 Å². The average Bonchev–Trinajstić information content (AvgIpc) is 2.85. The fourth-order valence-electron chi connectivity index (χ4n) is 4.61. The summed E-state index contributed by atoms with van der Waals surface area (Å²) in [6.07, 6.45) is -2.84. The van der Waals surface area contributed by atoms with Gasteiger partial charge in [0.15, 0.2) is 5.82 Å². The van der Waals surface area contributed by atoms with Gasteiger partial charge in [-0.05, 0) is 49.6 Å². The number of carboxylic acid groups (broad SMARTS) is 1. The average molecular weight is 533 g/mol. The molecule has 3 aromatic rings. The number of pyridine rings is 1. The lowest BCUT2D eigenvalue weighted by molar-refractivity contribution is -0.137. The molecule has 0 spiro atoms. The number of aryl methyl sites for hydroxylation is 1. The summed E-state index contributed by atoms with van der Waals surface area (Å²) >= 11 is 0. The smallest absolute Gasteiger partial charge is 0.416 e. The van der Waals surface area contributed by atoms with Gasteiger partial charge in [-0.3, -0.25) is 14.6 Å². The highest BCUT2D eigenvalue weighted by atomic mass is 19.4. The minimum atomic E-state index is -4.63. The molecule has 1 fully saturated rings. The molecule has 0 saturated carbocycles. The van der Waals surface area contributed by atoms with Gasteiger partial charge in [0.2, 0.25) is 5.91 Å². The first-order valence-electron chi connectivity index (χ1n) is 11.9. The highest BCUT2D eigenvalue weighted by Crippen LogP contribution is 2.35. The summed E-state index contributed by atoms with van der Waals surface area (Å²) in [6, 6.07) is 4.27. The Balaban J connectivity index is 1.74. The van der Waals surface area contributed by atoms with E-state index in [2.05, 4.69) is 20.7 Å². The van der Waals surface area contributed by atoms with E-state index in [4.69, 9.17) is 0 Å². The quantitative estimate of drug-likeness (QED) is 0.446. The van der Waals surface area contributed by atoms with Crippen LogP contribution in [0.5, 0.6) is 0 Å². The first kappa shape index (κ1) is 26.9. The standard InChI is InChI=1S/C25H27F3N6O4/c1-13(16-7-17(25(26,27)28)9-18(8-16)31-14(2)35)30-22-19-10-21(15-5-4-6-34(12-15)24(37)38)29-11-20(19)23(36)33(3)32-22/h7-11,13,15H,4-6,12H2,1-3H3,(H,30,32)(H,31,35)(H,37,38). The van der Waals surface area contributed by atoms with E-state index in [1.807, 2.05) is 0 Å². The van der Waals surface area contributed by atoms with E-state index < -0.39 is 35.3 Å². The lowest BCUT2D eigenvalue weighted by atomic mass is 9.93. The first-order valence-corrected chi connectivity index (χ1v) is 11.9. The number of amides is 2. The Morgan fingerprint density at radius 3 is 2.58 bits per heavy atom. The second kappa shape index (κ2) is 10.3. The monoisotopic (exact) mass is 532 g/mol. The highest BCUT2D eigenvalue weighted by Gasteiger charge is 2.32. The Hall–Kier alpha value is -4.16. The minimum Gasteiger partial charge on any atom is -0.465 e. The topological polar surface area (TPSA) is 129 Å². The molecule has 1 saturated heterocycles. The molecule has 4 rings (SSSR count). The molecule has 3 N–H and O–H groups in total. The van der Waals surface area contributed by atoms with Gasteiger partial charge in [-0.25, -0.2) is 9.48 Å². The number of nitrogens with zero attached hydrogens (tertiary/aromatic N) is 4. The van der Waals surface area contributed by atoms with Gasteiger partial charge in [0.05, 0.1) is 17.0 Å². The summed E-state index contributed by atoms with van der Waals surface area (Å²) in [5.74, 6) is -0.435. The lowest BCUT2D eigenvalue weighted by Gasteiger charge is -2.30. The molecule has 1 aliphatic rings. The zero-order valence-electron chi connectivity index (χ0n) is 21.0. The van der Waals surface area contributed by atoms with E-state index in [9.17, 15) is 32.7 Å². The van der Waals surface area contributed by atoms with Crippen LogP contribution in [0.4, 0.5) is 29.5 Å². The molecule has 3 heterocycles. The number of nitrogens with one attached hydrogen (secondary N) is 2. The zero-order valence-corrected chi connectivity index (χ0v) is 21.0. The molecule has 2 atom stereocenters. The SMILES string of the molecule is CC(=O)Nc1cc(C(C)Nc2nn(C)c(=O)c3cnc(C4CCCN(C(=O)O)C4)cc23)cc(C(F)(F)F)c1. The second-order valence-electron chi connectivity index (χ2n) is 9.39. The number of fused-ring (bicyclic) bond motifs is 1. The van der Waals surface area contributed by atoms with Crippen LogP contribution in [0.1, 0.15) is 55.5 Å². The molecule has 13 heteroatoms. The number of halogens is 3. The zero-order chi connectivity index (χ0) is 27.8. The molecule has 1 aromatic carbocycles. The van der Waals surface area contributed by atoms with Crippen LogP contribution in [0.3, 0.4) is 0 Å². The van der Waals surface area contributed by atoms with Crippen molar-refractivity contribution < 1.29 is 27.9 Å². The number of benzene rings is 1. The van der Waals surface area contributed by atoms with Crippen LogP contribution in [0.25, 0.3) is 10.8 Å². The number of hydrogen-bond donors (Lipinski definition) is 3. The summed E-state index contributed by atoms with van der Waals surface area (Å²) in [5, 5.41) is 19.9. The molecule has 2 amide bonds.